The highest BCUT2D eigenvalue weighted by molar-refractivity contribution is 5.84. The van der Waals surface area contributed by atoms with Crippen molar-refractivity contribution < 1.29 is 4.79 Å². The van der Waals surface area contributed by atoms with E-state index in [1.165, 1.54) is 0 Å². The Morgan fingerprint density at radius 3 is 2.94 bits per heavy atom. The van der Waals surface area contributed by atoms with E-state index in [-0.39, 0.29) is 5.91 Å². The van der Waals surface area contributed by atoms with Crippen LogP contribution in [0.5, 0.6) is 0 Å². The van der Waals surface area contributed by atoms with Crippen molar-refractivity contribution in [2.24, 2.45) is 12.1 Å². The largest absolute Gasteiger partial charge is 0.347 e. The molecule has 0 unspecified atom stereocenters. The summed E-state index contributed by atoms with van der Waals surface area (Å²) < 4.78 is 2.03. The number of carbonyl (C=O) groups is 1. The number of aromatic nitrogens is 1. The van der Waals surface area contributed by atoms with Crippen LogP contribution in [0, 0.1) is 0 Å². The van der Waals surface area contributed by atoms with Gasteiger partial charge in [0.05, 0.1) is 6.42 Å². The Morgan fingerprint density at radius 2 is 2.24 bits per heavy atom. The molecule has 0 saturated heterocycles. The predicted octanol–water partition coefficient (Wildman–Crippen LogP) is 1.84. The second-order valence-electron chi connectivity index (χ2n) is 3.85. The lowest BCUT2D eigenvalue weighted by Gasteiger charge is -2.03. The third kappa shape index (κ3) is 2.36. The molecule has 0 saturated carbocycles. The van der Waals surface area contributed by atoms with E-state index in [2.05, 4.69) is 10.5 Å². The molecule has 1 aromatic heterocycles. The molecular formula is C13H15N3O. The van der Waals surface area contributed by atoms with Gasteiger partial charge in [0.25, 0.3) is 0 Å². The number of fused-ring (bicyclic) bond motifs is 1. The van der Waals surface area contributed by atoms with Crippen LogP contribution in [0.25, 0.3) is 10.9 Å². The molecular weight excluding hydrogens is 214 g/mol. The maximum absolute atomic E-state index is 11.6. The third-order valence-corrected chi connectivity index (χ3v) is 2.71. The Labute approximate surface area is 99.9 Å². The van der Waals surface area contributed by atoms with Crippen molar-refractivity contribution >= 4 is 23.0 Å². The van der Waals surface area contributed by atoms with Gasteiger partial charge in [-0.3, -0.25) is 4.79 Å². The fourth-order valence-corrected chi connectivity index (χ4v) is 1.86. The Balaban J connectivity index is 2.24. The second kappa shape index (κ2) is 4.82. The van der Waals surface area contributed by atoms with Crippen molar-refractivity contribution in [1.29, 1.82) is 0 Å². The first-order valence-corrected chi connectivity index (χ1v) is 5.52. The van der Waals surface area contributed by atoms with Crippen molar-refractivity contribution in [3.05, 3.63) is 36.0 Å². The lowest BCUT2D eigenvalue weighted by Crippen LogP contribution is -2.20. The Morgan fingerprint density at radius 1 is 1.47 bits per heavy atom. The van der Waals surface area contributed by atoms with Crippen molar-refractivity contribution in [1.82, 2.24) is 9.99 Å². The van der Waals surface area contributed by atoms with E-state index in [0.717, 1.165) is 16.6 Å². The molecule has 0 aliphatic carbocycles. The molecule has 1 amide bonds. The monoisotopic (exact) mass is 229 g/mol. The topological polar surface area (TPSA) is 46.4 Å². The van der Waals surface area contributed by atoms with Gasteiger partial charge in [-0.2, -0.15) is 5.10 Å². The van der Waals surface area contributed by atoms with Gasteiger partial charge in [0.1, 0.15) is 0 Å². The number of carbonyl (C=O) groups excluding carboxylic acids is 1. The first kappa shape index (κ1) is 11.4. The van der Waals surface area contributed by atoms with Crippen LogP contribution < -0.4 is 5.43 Å². The van der Waals surface area contributed by atoms with Crippen molar-refractivity contribution in [2.45, 2.75) is 13.3 Å². The van der Waals surface area contributed by atoms with Crippen LogP contribution >= 0.6 is 0 Å². The molecule has 0 aliphatic heterocycles. The van der Waals surface area contributed by atoms with Gasteiger partial charge in [-0.1, -0.05) is 18.2 Å². The molecule has 0 fully saturated rings. The zero-order valence-electron chi connectivity index (χ0n) is 9.97. The summed E-state index contributed by atoms with van der Waals surface area (Å²) in [7, 11) is 1.97. The Kier molecular flexibility index (Phi) is 3.23. The van der Waals surface area contributed by atoms with E-state index in [1.807, 2.05) is 41.9 Å². The van der Waals surface area contributed by atoms with Gasteiger partial charge in [0.2, 0.25) is 5.91 Å². The van der Waals surface area contributed by atoms with Crippen molar-refractivity contribution in [3.63, 3.8) is 0 Å². The molecule has 0 aliphatic rings. The number of hydrazone groups is 1. The summed E-state index contributed by atoms with van der Waals surface area (Å²) in [5, 5.41) is 4.87. The molecule has 1 aromatic carbocycles. The average Bonchev–Trinajstić information content (AvgIpc) is 2.64. The quantitative estimate of drug-likeness (QED) is 0.633. The molecule has 0 atom stereocenters. The average molecular weight is 229 g/mol. The van der Waals surface area contributed by atoms with E-state index in [9.17, 15) is 4.79 Å². The number of benzene rings is 1. The van der Waals surface area contributed by atoms with Gasteiger partial charge >= 0.3 is 0 Å². The maximum atomic E-state index is 11.6. The summed E-state index contributed by atoms with van der Waals surface area (Å²) >= 11 is 0. The first-order chi connectivity index (χ1) is 8.22. The number of aryl methyl sites for hydroxylation is 1. The molecule has 4 nitrogen and oxygen atoms in total. The molecule has 4 heteroatoms. The number of nitrogens with one attached hydrogen (secondary N) is 1. The van der Waals surface area contributed by atoms with Crippen LogP contribution in [0.1, 0.15) is 12.6 Å². The minimum Gasteiger partial charge on any atom is -0.347 e. The van der Waals surface area contributed by atoms with Crippen LogP contribution in [0.3, 0.4) is 0 Å². The summed E-state index contributed by atoms with van der Waals surface area (Å²) in [4.78, 5) is 11.6. The Bertz CT molecular complexity index is 569. The standard InChI is InChI=1S/C13H15N3O/c1-3-14-15-13(17)9-11-8-10-6-4-5-7-12(10)16(11)2/h3-8H,9H2,1-2H3,(H,15,17)/b14-3-. The zero-order valence-corrected chi connectivity index (χ0v) is 9.97. The molecule has 0 radical (unpaired) electrons. The van der Waals surface area contributed by atoms with Crippen molar-refractivity contribution in [2.75, 3.05) is 0 Å². The summed E-state index contributed by atoms with van der Waals surface area (Å²) in [6.45, 7) is 1.76. The van der Waals surface area contributed by atoms with Crippen LogP contribution in [0.4, 0.5) is 0 Å². The highest BCUT2D eigenvalue weighted by Gasteiger charge is 2.08. The van der Waals surface area contributed by atoms with Gasteiger partial charge in [-0.25, -0.2) is 5.43 Å². The second-order valence-corrected chi connectivity index (χ2v) is 3.85. The number of rotatable bonds is 3. The van der Waals surface area contributed by atoms with Gasteiger partial charge in [0.15, 0.2) is 0 Å². The van der Waals surface area contributed by atoms with Crippen molar-refractivity contribution in [3.8, 4) is 0 Å². The lowest BCUT2D eigenvalue weighted by molar-refractivity contribution is -0.120. The molecule has 17 heavy (non-hydrogen) atoms. The summed E-state index contributed by atoms with van der Waals surface area (Å²) in [5.41, 5.74) is 4.58. The van der Waals surface area contributed by atoms with Crippen LogP contribution in [0.15, 0.2) is 35.4 Å². The van der Waals surface area contributed by atoms with E-state index < -0.39 is 0 Å². The van der Waals surface area contributed by atoms with Crippen LogP contribution in [-0.2, 0) is 18.3 Å². The molecule has 0 spiro atoms. The normalized spacial score (nSPS) is 11.2. The molecule has 88 valence electrons. The zero-order chi connectivity index (χ0) is 12.3. The minimum atomic E-state index is -0.103. The van der Waals surface area contributed by atoms with E-state index in [0.29, 0.717) is 6.42 Å². The van der Waals surface area contributed by atoms with Crippen LogP contribution in [-0.4, -0.2) is 16.7 Å². The Hall–Kier alpha value is -2.10. The van der Waals surface area contributed by atoms with Gasteiger partial charge in [-0.15, -0.1) is 0 Å². The summed E-state index contributed by atoms with van der Waals surface area (Å²) in [5.74, 6) is -0.103. The number of para-hydroxylation sites is 1. The molecule has 0 bridgehead atoms. The molecule has 1 N–H and O–H groups in total. The SMILES string of the molecule is C/C=N\NC(=O)Cc1cc2ccccc2n1C. The smallest absolute Gasteiger partial charge is 0.245 e. The number of amides is 1. The highest BCUT2D eigenvalue weighted by Crippen LogP contribution is 2.18. The lowest BCUT2D eigenvalue weighted by atomic mass is 10.2. The summed E-state index contributed by atoms with van der Waals surface area (Å²) in [6, 6.07) is 10.1. The highest BCUT2D eigenvalue weighted by atomic mass is 16.2. The van der Waals surface area contributed by atoms with Crippen LogP contribution in [0.2, 0.25) is 0 Å². The third-order valence-electron chi connectivity index (χ3n) is 2.71. The number of hydrogen-bond donors (Lipinski definition) is 1. The van der Waals surface area contributed by atoms with Gasteiger partial charge < -0.3 is 4.57 Å². The molecule has 2 rings (SSSR count). The minimum absolute atomic E-state index is 0.103. The molecule has 1 heterocycles. The van der Waals surface area contributed by atoms with E-state index in [1.54, 1.807) is 13.1 Å². The maximum Gasteiger partial charge on any atom is 0.245 e. The first-order valence-electron chi connectivity index (χ1n) is 5.52. The van der Waals surface area contributed by atoms with E-state index >= 15 is 0 Å². The van der Waals surface area contributed by atoms with E-state index in [4.69, 9.17) is 0 Å². The fraction of sp³-hybridized carbons (Fsp3) is 0.231. The number of hydrogen-bond acceptors (Lipinski definition) is 2. The van der Waals surface area contributed by atoms with Gasteiger partial charge in [-0.05, 0) is 24.4 Å². The number of nitrogens with zero attached hydrogens (tertiary/aromatic N) is 2. The van der Waals surface area contributed by atoms with Gasteiger partial charge in [0, 0.05) is 24.5 Å². The fourth-order valence-electron chi connectivity index (χ4n) is 1.86. The molecule has 2 aromatic rings. The summed E-state index contributed by atoms with van der Waals surface area (Å²) in [6.07, 6.45) is 1.89. The predicted molar refractivity (Wildman–Crippen MR) is 68.9 cm³/mol.